The summed E-state index contributed by atoms with van der Waals surface area (Å²) in [7, 11) is 3.46. The summed E-state index contributed by atoms with van der Waals surface area (Å²) in [4.78, 5) is 5.24. The van der Waals surface area contributed by atoms with E-state index in [0.29, 0.717) is 30.3 Å². The van der Waals surface area contributed by atoms with Crippen LogP contribution in [0.1, 0.15) is 48.4 Å². The summed E-state index contributed by atoms with van der Waals surface area (Å²) in [5, 5.41) is 0.665. The highest BCUT2D eigenvalue weighted by Gasteiger charge is 2.36. The van der Waals surface area contributed by atoms with Gasteiger partial charge >= 0.3 is 0 Å². The van der Waals surface area contributed by atoms with Crippen LogP contribution in [0.2, 0.25) is 5.02 Å². The lowest BCUT2D eigenvalue weighted by Crippen LogP contribution is -2.56. The molecule has 0 aliphatic carbocycles. The molecule has 0 amide bonds. The highest BCUT2D eigenvalue weighted by atomic mass is 35.5. The van der Waals surface area contributed by atoms with Crippen molar-refractivity contribution in [2.45, 2.75) is 51.6 Å². The van der Waals surface area contributed by atoms with E-state index in [9.17, 15) is 0 Å². The first-order chi connectivity index (χ1) is 16.0. The molecule has 0 N–H and O–H groups in total. The summed E-state index contributed by atoms with van der Waals surface area (Å²) < 4.78 is 16.6. The summed E-state index contributed by atoms with van der Waals surface area (Å²) in [6, 6.07) is 11.6. The zero-order valence-corrected chi connectivity index (χ0v) is 21.2. The van der Waals surface area contributed by atoms with Crippen LogP contribution in [-0.4, -0.2) is 58.0 Å². The van der Waals surface area contributed by atoms with Crippen molar-refractivity contribution in [2.24, 2.45) is 0 Å². The van der Waals surface area contributed by atoms with Gasteiger partial charge in [-0.05, 0) is 68.0 Å². The van der Waals surface area contributed by atoms with Crippen molar-refractivity contribution in [3.05, 3.63) is 52.0 Å². The van der Waals surface area contributed by atoms with E-state index in [1.165, 1.54) is 41.6 Å². The fraction of sp³-hybridized carbons (Fsp3) is 0.556. The standard InChI is InChI=1S/C27H37ClN2O3/c1-19-20(2)26(32-4)12-10-23(19)25-8-5-7-22-18-29(13-14-30(22)25)21-9-11-24(28)27(17-21)33-16-6-15-31-3/h9-12,17,22,25H,5-8,13-16,18H2,1-4H3/t22-,25+/m0/s1. The largest absolute Gasteiger partial charge is 0.496 e. The minimum atomic E-state index is 0.486. The quantitative estimate of drug-likeness (QED) is 0.454. The first kappa shape index (κ1) is 24.2. The molecule has 4 rings (SSSR count). The Morgan fingerprint density at radius 1 is 0.970 bits per heavy atom. The maximum atomic E-state index is 6.40. The highest BCUT2D eigenvalue weighted by Crippen LogP contribution is 2.40. The third-order valence-electron chi connectivity index (χ3n) is 7.33. The monoisotopic (exact) mass is 472 g/mol. The molecule has 0 spiro atoms. The number of halogens is 1. The van der Waals surface area contributed by atoms with Crippen LogP contribution < -0.4 is 14.4 Å². The Kier molecular flexibility index (Phi) is 8.05. The van der Waals surface area contributed by atoms with Crippen LogP contribution in [0.4, 0.5) is 5.69 Å². The first-order valence-electron chi connectivity index (χ1n) is 12.1. The molecule has 0 bridgehead atoms. The lowest BCUT2D eigenvalue weighted by Gasteiger charge is -2.49. The zero-order valence-electron chi connectivity index (χ0n) is 20.4. The van der Waals surface area contributed by atoms with Crippen LogP contribution in [0.15, 0.2) is 30.3 Å². The number of nitrogens with zero attached hydrogens (tertiary/aromatic N) is 2. The maximum Gasteiger partial charge on any atom is 0.139 e. The molecule has 2 atom stereocenters. The number of rotatable bonds is 8. The molecular weight excluding hydrogens is 436 g/mol. The molecule has 33 heavy (non-hydrogen) atoms. The van der Waals surface area contributed by atoms with Crippen LogP contribution in [0, 0.1) is 13.8 Å². The SMILES string of the molecule is COCCCOc1cc(N2CCN3[C@@H](CCC[C@@H]3c3ccc(OC)c(C)c3C)C2)ccc1Cl. The van der Waals surface area contributed by atoms with Crippen molar-refractivity contribution < 1.29 is 14.2 Å². The van der Waals surface area contributed by atoms with E-state index in [4.69, 9.17) is 25.8 Å². The molecule has 2 heterocycles. The predicted molar refractivity (Wildman–Crippen MR) is 135 cm³/mol. The minimum Gasteiger partial charge on any atom is -0.496 e. The number of methoxy groups -OCH3 is 2. The van der Waals surface area contributed by atoms with Crippen LogP contribution in [0.25, 0.3) is 0 Å². The van der Waals surface area contributed by atoms with Gasteiger partial charge in [0.05, 0.1) is 18.7 Å². The van der Waals surface area contributed by atoms with Gasteiger partial charge in [0.1, 0.15) is 11.5 Å². The normalized spacial score (nSPS) is 21.1. The van der Waals surface area contributed by atoms with Crippen LogP contribution in [-0.2, 0) is 4.74 Å². The first-order valence-corrected chi connectivity index (χ1v) is 12.5. The molecule has 2 aromatic carbocycles. The van der Waals surface area contributed by atoms with Crippen LogP contribution in [0.3, 0.4) is 0 Å². The van der Waals surface area contributed by atoms with E-state index in [1.54, 1.807) is 14.2 Å². The topological polar surface area (TPSA) is 34.2 Å². The lowest BCUT2D eigenvalue weighted by atomic mass is 9.86. The number of anilines is 1. The Morgan fingerprint density at radius 3 is 2.61 bits per heavy atom. The van der Waals surface area contributed by atoms with Gasteiger partial charge in [0.2, 0.25) is 0 Å². The third kappa shape index (κ3) is 5.26. The number of fused-ring (bicyclic) bond motifs is 1. The van der Waals surface area contributed by atoms with Gasteiger partial charge in [-0.2, -0.15) is 0 Å². The van der Waals surface area contributed by atoms with Crippen molar-refractivity contribution in [2.75, 3.05) is 52.0 Å². The molecule has 0 radical (unpaired) electrons. The Hall–Kier alpha value is -1.95. The van der Waals surface area contributed by atoms with Gasteiger partial charge in [-0.3, -0.25) is 4.90 Å². The lowest BCUT2D eigenvalue weighted by molar-refractivity contribution is 0.0712. The maximum absolute atomic E-state index is 6.40. The number of hydrogen-bond donors (Lipinski definition) is 0. The van der Waals surface area contributed by atoms with Crippen LogP contribution in [0.5, 0.6) is 11.5 Å². The van der Waals surface area contributed by atoms with Gasteiger partial charge in [0.15, 0.2) is 0 Å². The van der Waals surface area contributed by atoms with Crippen molar-refractivity contribution in [3.8, 4) is 11.5 Å². The molecule has 0 saturated carbocycles. The Balaban J connectivity index is 1.47. The van der Waals surface area contributed by atoms with E-state index >= 15 is 0 Å². The fourth-order valence-electron chi connectivity index (χ4n) is 5.40. The third-order valence-corrected chi connectivity index (χ3v) is 7.64. The summed E-state index contributed by atoms with van der Waals surface area (Å²) in [5.74, 6) is 1.75. The second-order valence-electron chi connectivity index (χ2n) is 9.20. The van der Waals surface area contributed by atoms with E-state index in [2.05, 4.69) is 47.9 Å². The smallest absolute Gasteiger partial charge is 0.139 e. The number of ether oxygens (including phenoxy) is 3. The minimum absolute atomic E-state index is 0.486. The average molecular weight is 473 g/mol. The Labute approximate surface area is 203 Å². The Morgan fingerprint density at radius 2 is 1.82 bits per heavy atom. The van der Waals surface area contributed by atoms with Gasteiger partial charge in [0, 0.05) is 63.6 Å². The number of hydrogen-bond acceptors (Lipinski definition) is 5. The summed E-state index contributed by atoms with van der Waals surface area (Å²) >= 11 is 6.40. The van der Waals surface area contributed by atoms with Crippen molar-refractivity contribution >= 4 is 17.3 Å². The molecular formula is C27H37ClN2O3. The molecule has 0 aromatic heterocycles. The second-order valence-corrected chi connectivity index (χ2v) is 9.61. The summed E-state index contributed by atoms with van der Waals surface area (Å²) in [6.07, 6.45) is 4.58. The van der Waals surface area contributed by atoms with Gasteiger partial charge in [-0.25, -0.2) is 0 Å². The summed E-state index contributed by atoms with van der Waals surface area (Å²) in [6.45, 7) is 8.82. The van der Waals surface area contributed by atoms with E-state index < -0.39 is 0 Å². The molecule has 2 fully saturated rings. The highest BCUT2D eigenvalue weighted by molar-refractivity contribution is 6.32. The van der Waals surface area contributed by atoms with E-state index in [0.717, 1.165) is 37.6 Å². The van der Waals surface area contributed by atoms with E-state index in [1.807, 2.05) is 6.07 Å². The number of benzene rings is 2. The van der Waals surface area contributed by atoms with Gasteiger partial charge in [-0.1, -0.05) is 17.7 Å². The van der Waals surface area contributed by atoms with Crippen molar-refractivity contribution in [1.29, 1.82) is 0 Å². The Bertz CT molecular complexity index is 951. The molecule has 5 nitrogen and oxygen atoms in total. The van der Waals surface area contributed by atoms with Crippen molar-refractivity contribution in [1.82, 2.24) is 4.90 Å². The second kappa shape index (κ2) is 11.0. The number of piperazine rings is 1. The molecule has 2 saturated heterocycles. The van der Waals surface area contributed by atoms with Gasteiger partial charge < -0.3 is 19.1 Å². The van der Waals surface area contributed by atoms with E-state index in [-0.39, 0.29) is 0 Å². The molecule has 2 aliphatic rings. The van der Waals surface area contributed by atoms with Gasteiger partial charge in [0.25, 0.3) is 0 Å². The van der Waals surface area contributed by atoms with Crippen molar-refractivity contribution in [3.63, 3.8) is 0 Å². The van der Waals surface area contributed by atoms with Gasteiger partial charge in [-0.15, -0.1) is 0 Å². The molecule has 180 valence electrons. The molecule has 2 aliphatic heterocycles. The zero-order chi connectivity index (χ0) is 23.4. The average Bonchev–Trinajstić information content (AvgIpc) is 2.84. The molecule has 2 aromatic rings. The summed E-state index contributed by atoms with van der Waals surface area (Å²) in [5.41, 5.74) is 5.29. The number of piperidine rings is 1. The molecule has 0 unspecified atom stereocenters. The molecule has 6 heteroatoms. The fourth-order valence-corrected chi connectivity index (χ4v) is 5.57. The predicted octanol–water partition coefficient (Wildman–Crippen LogP) is 5.80. The van der Waals surface area contributed by atoms with Crippen LogP contribution >= 0.6 is 11.6 Å².